The van der Waals surface area contributed by atoms with Crippen molar-refractivity contribution < 1.29 is 4.79 Å². The van der Waals surface area contributed by atoms with Crippen LogP contribution in [0.2, 0.25) is 0 Å². The maximum absolute atomic E-state index is 13.0. The first-order chi connectivity index (χ1) is 16.2. The number of aromatic nitrogens is 3. The number of aryl methyl sites for hydroxylation is 1. The van der Waals surface area contributed by atoms with Crippen molar-refractivity contribution in [2.24, 2.45) is 0 Å². The third-order valence-corrected chi connectivity index (χ3v) is 6.79. The van der Waals surface area contributed by atoms with Crippen LogP contribution in [0.4, 0.5) is 10.5 Å². The third kappa shape index (κ3) is 3.64. The highest BCUT2D eigenvalue weighted by Gasteiger charge is 2.30. The van der Waals surface area contributed by atoms with Gasteiger partial charge in [0, 0.05) is 48.7 Å². The Labute approximate surface area is 192 Å². The fraction of sp³-hybridized carbons (Fsp3) is 0.269. The Morgan fingerprint density at radius 3 is 2.94 bits per heavy atom. The molecule has 166 valence electrons. The van der Waals surface area contributed by atoms with Crippen LogP contribution in [0.3, 0.4) is 0 Å². The molecule has 3 N–H and O–H groups in total. The molecule has 0 spiro atoms. The average Bonchev–Trinajstić information content (AvgIpc) is 3.59. The van der Waals surface area contributed by atoms with Gasteiger partial charge in [-0.1, -0.05) is 0 Å². The first kappa shape index (κ1) is 19.9. The Kier molecular flexibility index (Phi) is 4.84. The van der Waals surface area contributed by atoms with E-state index in [9.17, 15) is 4.79 Å². The van der Waals surface area contributed by atoms with Crippen molar-refractivity contribution in [1.82, 2.24) is 25.2 Å². The lowest BCUT2D eigenvalue weighted by Crippen LogP contribution is -2.30. The maximum Gasteiger partial charge on any atom is 0.322 e. The number of rotatable bonds is 3. The summed E-state index contributed by atoms with van der Waals surface area (Å²) in [5.41, 5.74) is 8.85. The zero-order valence-electron chi connectivity index (χ0n) is 18.6. The molecule has 7 heteroatoms. The number of carbonyl (C=O) groups excluding carboxylic acids is 1. The third-order valence-electron chi connectivity index (χ3n) is 6.79. The molecule has 2 amide bonds. The summed E-state index contributed by atoms with van der Waals surface area (Å²) < 4.78 is 0. The molecule has 0 aliphatic carbocycles. The van der Waals surface area contributed by atoms with Crippen molar-refractivity contribution in [2.45, 2.75) is 38.9 Å². The number of benzene rings is 1. The number of pyridine rings is 2. The summed E-state index contributed by atoms with van der Waals surface area (Å²) in [6, 6.07) is 10.6. The fourth-order valence-electron chi connectivity index (χ4n) is 5.05. The summed E-state index contributed by atoms with van der Waals surface area (Å²) in [4.78, 5) is 26.8. The van der Waals surface area contributed by atoms with Gasteiger partial charge >= 0.3 is 6.03 Å². The first-order valence-electron chi connectivity index (χ1n) is 11.4. The Morgan fingerprint density at radius 1 is 1.18 bits per heavy atom. The highest BCUT2D eigenvalue weighted by Crippen LogP contribution is 2.37. The molecular formula is C26H26N6O. The molecular weight excluding hydrogens is 412 g/mol. The van der Waals surface area contributed by atoms with Crippen molar-refractivity contribution in [3.8, 4) is 11.1 Å². The van der Waals surface area contributed by atoms with Crippen molar-refractivity contribution in [3.05, 3.63) is 77.4 Å². The van der Waals surface area contributed by atoms with Crippen LogP contribution in [0.5, 0.6) is 0 Å². The molecule has 7 nitrogen and oxygen atoms in total. The second kappa shape index (κ2) is 8.01. The Bertz CT molecular complexity index is 1340. The van der Waals surface area contributed by atoms with Crippen LogP contribution >= 0.6 is 0 Å². The topological polar surface area (TPSA) is 85.9 Å². The molecule has 2 aliphatic rings. The summed E-state index contributed by atoms with van der Waals surface area (Å²) in [6.45, 7) is 4.34. The minimum atomic E-state index is -0.0999. The van der Waals surface area contributed by atoms with Crippen LogP contribution in [0.1, 0.15) is 41.1 Å². The minimum absolute atomic E-state index is 0.0999. The molecule has 0 unspecified atom stereocenters. The molecule has 3 aromatic heterocycles. The highest BCUT2D eigenvalue weighted by molar-refractivity contribution is 5.90. The van der Waals surface area contributed by atoms with Gasteiger partial charge in [-0.05, 0) is 84.5 Å². The van der Waals surface area contributed by atoms with Crippen LogP contribution in [0.15, 0.2) is 55.1 Å². The summed E-state index contributed by atoms with van der Waals surface area (Å²) in [5.74, 6) is 0. The van der Waals surface area contributed by atoms with Crippen LogP contribution in [-0.2, 0) is 13.1 Å². The molecule has 1 aromatic carbocycles. The molecule has 2 aliphatic heterocycles. The van der Waals surface area contributed by atoms with Gasteiger partial charge in [-0.25, -0.2) is 9.78 Å². The fourth-order valence-corrected chi connectivity index (χ4v) is 5.05. The molecule has 1 saturated heterocycles. The number of carbonyl (C=O) groups is 1. The largest absolute Gasteiger partial charge is 0.346 e. The lowest BCUT2D eigenvalue weighted by atomic mass is 9.91. The van der Waals surface area contributed by atoms with Gasteiger partial charge in [-0.15, -0.1) is 0 Å². The van der Waals surface area contributed by atoms with Crippen molar-refractivity contribution in [2.75, 3.05) is 11.9 Å². The molecule has 1 fully saturated rings. The lowest BCUT2D eigenvalue weighted by molar-refractivity contribution is 0.212. The van der Waals surface area contributed by atoms with Gasteiger partial charge in [0.05, 0.1) is 11.9 Å². The molecule has 4 aromatic rings. The maximum atomic E-state index is 13.0. The first-order valence-corrected chi connectivity index (χ1v) is 11.4. The standard InChI is InChI=1S/C26H26N6O/c1-16-11-29-25-21(16)10-18(12-30-25)17-8-19-14-32(26(33)31-20-4-2-6-27-13-20)15-23(19)22(9-17)24-5-3-7-28-24/h2,4,6,8-13,24,28H,3,5,7,14-15H2,1H3,(H,29,30)(H,31,33)/t24-/m0/s1. The molecule has 1 atom stereocenters. The smallest absolute Gasteiger partial charge is 0.322 e. The Hall–Kier alpha value is -3.71. The van der Waals surface area contributed by atoms with Gasteiger partial charge in [0.15, 0.2) is 0 Å². The van der Waals surface area contributed by atoms with E-state index in [4.69, 9.17) is 0 Å². The van der Waals surface area contributed by atoms with Crippen molar-refractivity contribution in [1.29, 1.82) is 0 Å². The van der Waals surface area contributed by atoms with Crippen LogP contribution in [0, 0.1) is 6.92 Å². The van der Waals surface area contributed by atoms with E-state index in [0.717, 1.165) is 35.1 Å². The van der Waals surface area contributed by atoms with Gasteiger partial charge in [0.25, 0.3) is 0 Å². The quantitative estimate of drug-likeness (QED) is 0.424. The predicted octanol–water partition coefficient (Wildman–Crippen LogP) is 4.91. The Balaban J connectivity index is 1.36. The number of fused-ring (bicyclic) bond motifs is 2. The van der Waals surface area contributed by atoms with E-state index in [0.29, 0.717) is 24.8 Å². The van der Waals surface area contributed by atoms with E-state index in [1.807, 2.05) is 29.4 Å². The second-order valence-electron chi connectivity index (χ2n) is 8.97. The summed E-state index contributed by atoms with van der Waals surface area (Å²) in [7, 11) is 0. The predicted molar refractivity (Wildman–Crippen MR) is 129 cm³/mol. The molecule has 6 rings (SSSR count). The van der Waals surface area contributed by atoms with E-state index in [1.165, 1.54) is 28.7 Å². The molecule has 0 radical (unpaired) electrons. The number of amides is 2. The number of aromatic amines is 1. The van der Waals surface area contributed by atoms with Crippen molar-refractivity contribution in [3.63, 3.8) is 0 Å². The molecule has 0 bridgehead atoms. The van der Waals surface area contributed by atoms with Crippen LogP contribution in [0.25, 0.3) is 22.2 Å². The van der Waals surface area contributed by atoms with Gasteiger partial charge in [-0.2, -0.15) is 0 Å². The summed E-state index contributed by atoms with van der Waals surface area (Å²) in [6.07, 6.45) is 9.59. The summed E-state index contributed by atoms with van der Waals surface area (Å²) in [5, 5.41) is 7.77. The number of hydrogen-bond donors (Lipinski definition) is 3. The van der Waals surface area contributed by atoms with Crippen molar-refractivity contribution >= 4 is 22.8 Å². The monoisotopic (exact) mass is 438 g/mol. The zero-order valence-corrected chi connectivity index (χ0v) is 18.6. The van der Waals surface area contributed by atoms with E-state index in [1.54, 1.807) is 12.4 Å². The van der Waals surface area contributed by atoms with E-state index >= 15 is 0 Å². The molecule has 0 saturated carbocycles. The van der Waals surface area contributed by atoms with Gasteiger partial charge in [-0.3, -0.25) is 4.98 Å². The highest BCUT2D eigenvalue weighted by atomic mass is 16.2. The Morgan fingerprint density at radius 2 is 2.12 bits per heavy atom. The number of anilines is 1. The number of nitrogens with one attached hydrogen (secondary N) is 3. The average molecular weight is 439 g/mol. The van der Waals surface area contributed by atoms with Crippen LogP contribution < -0.4 is 10.6 Å². The van der Waals surface area contributed by atoms with Gasteiger partial charge in [0.2, 0.25) is 0 Å². The number of nitrogens with zero attached hydrogens (tertiary/aromatic N) is 3. The van der Waals surface area contributed by atoms with Gasteiger partial charge in [0.1, 0.15) is 5.65 Å². The number of hydrogen-bond acceptors (Lipinski definition) is 4. The zero-order chi connectivity index (χ0) is 22.4. The molecule has 33 heavy (non-hydrogen) atoms. The minimum Gasteiger partial charge on any atom is -0.346 e. The second-order valence-corrected chi connectivity index (χ2v) is 8.97. The van der Waals surface area contributed by atoms with Gasteiger partial charge < -0.3 is 20.5 Å². The van der Waals surface area contributed by atoms with Crippen LogP contribution in [-0.4, -0.2) is 32.4 Å². The van der Waals surface area contributed by atoms with E-state index < -0.39 is 0 Å². The molecule has 5 heterocycles. The van der Waals surface area contributed by atoms with E-state index in [2.05, 4.69) is 50.7 Å². The number of H-pyrrole nitrogens is 1. The SMILES string of the molecule is Cc1c[nH]c2ncc(-c3cc4c(c([C@@H]5CCCN5)c3)CN(C(=O)Nc3cccnc3)C4)cc12. The normalized spacial score (nSPS) is 17.5. The number of urea groups is 1. The van der Waals surface area contributed by atoms with E-state index in [-0.39, 0.29) is 6.03 Å². The lowest BCUT2D eigenvalue weighted by Gasteiger charge is -2.18. The summed E-state index contributed by atoms with van der Waals surface area (Å²) >= 11 is 0.